The average Bonchev–Trinajstić information content (AvgIpc) is 3.27. The second-order valence-corrected chi connectivity index (χ2v) is 6.58. The van der Waals surface area contributed by atoms with Gasteiger partial charge in [0.25, 0.3) is 5.91 Å². The van der Waals surface area contributed by atoms with Gasteiger partial charge in [0.05, 0.1) is 5.52 Å². The van der Waals surface area contributed by atoms with Crippen LogP contribution in [-0.2, 0) is 0 Å². The first-order valence-electron chi connectivity index (χ1n) is 8.62. The van der Waals surface area contributed by atoms with Crippen LogP contribution in [0.3, 0.4) is 0 Å². The van der Waals surface area contributed by atoms with Crippen LogP contribution >= 0.6 is 0 Å². The van der Waals surface area contributed by atoms with Crippen molar-refractivity contribution in [1.29, 1.82) is 0 Å². The molecule has 1 saturated heterocycles. The Hall–Kier alpha value is -2.17. The molecule has 1 aliphatic heterocycles. The van der Waals surface area contributed by atoms with E-state index < -0.39 is 0 Å². The Bertz CT molecular complexity index is 718. The fraction of sp³-hybridized carbons (Fsp3) is 0.500. The van der Waals surface area contributed by atoms with Crippen molar-refractivity contribution in [1.82, 2.24) is 15.3 Å². The summed E-state index contributed by atoms with van der Waals surface area (Å²) in [5.41, 5.74) is 1.61. The van der Waals surface area contributed by atoms with E-state index >= 15 is 0 Å². The molecule has 1 saturated carbocycles. The van der Waals surface area contributed by atoms with E-state index in [-0.39, 0.29) is 5.91 Å². The van der Waals surface area contributed by atoms with Crippen molar-refractivity contribution in [2.24, 2.45) is 0 Å². The lowest BCUT2D eigenvalue weighted by molar-refractivity contribution is 0.0938. The molecule has 1 aromatic carbocycles. The third-order valence-electron chi connectivity index (χ3n) is 4.97. The molecule has 1 aliphatic carbocycles. The molecule has 2 fully saturated rings. The van der Waals surface area contributed by atoms with Gasteiger partial charge < -0.3 is 10.2 Å². The first kappa shape index (κ1) is 14.4. The fourth-order valence-corrected chi connectivity index (χ4v) is 3.70. The zero-order valence-electron chi connectivity index (χ0n) is 13.3. The summed E-state index contributed by atoms with van der Waals surface area (Å²) < 4.78 is 0. The average molecular weight is 310 g/mol. The highest BCUT2D eigenvalue weighted by Crippen LogP contribution is 2.27. The number of carbonyl (C=O) groups is 1. The van der Waals surface area contributed by atoms with Crippen LogP contribution in [0.15, 0.2) is 24.5 Å². The second-order valence-electron chi connectivity index (χ2n) is 6.58. The maximum atomic E-state index is 12.5. The zero-order chi connectivity index (χ0) is 15.6. The van der Waals surface area contributed by atoms with Gasteiger partial charge in [0.1, 0.15) is 12.1 Å². The minimum atomic E-state index is 0.0232. The second kappa shape index (κ2) is 6.14. The van der Waals surface area contributed by atoms with Gasteiger partial charge in [-0.1, -0.05) is 12.8 Å². The van der Waals surface area contributed by atoms with Crippen LogP contribution < -0.4 is 10.2 Å². The number of carbonyl (C=O) groups excluding carboxylic acids is 1. The number of nitrogens with one attached hydrogen (secondary N) is 1. The van der Waals surface area contributed by atoms with Gasteiger partial charge in [-0.2, -0.15) is 0 Å². The Morgan fingerprint density at radius 2 is 1.87 bits per heavy atom. The van der Waals surface area contributed by atoms with E-state index in [2.05, 4.69) is 20.2 Å². The lowest BCUT2D eigenvalue weighted by Crippen LogP contribution is -2.32. The van der Waals surface area contributed by atoms with Gasteiger partial charge in [0.15, 0.2) is 0 Å². The molecular formula is C18H22N4O. The third kappa shape index (κ3) is 2.87. The number of anilines is 1. The Labute approximate surface area is 136 Å². The number of aromatic nitrogens is 2. The minimum absolute atomic E-state index is 0.0232. The SMILES string of the molecule is O=C(NC1CCCC1)c1ccc2ncnc(N3CCCC3)c2c1. The molecule has 5 nitrogen and oxygen atoms in total. The summed E-state index contributed by atoms with van der Waals surface area (Å²) in [6.07, 6.45) is 8.66. The molecule has 4 rings (SSSR count). The monoisotopic (exact) mass is 310 g/mol. The normalized spacial score (nSPS) is 18.7. The minimum Gasteiger partial charge on any atom is -0.356 e. The van der Waals surface area contributed by atoms with Crippen LogP contribution in [0, 0.1) is 0 Å². The van der Waals surface area contributed by atoms with Crippen molar-refractivity contribution >= 4 is 22.6 Å². The van der Waals surface area contributed by atoms with Crippen LogP contribution in [0.4, 0.5) is 5.82 Å². The standard InChI is InChI=1S/C18H22N4O/c23-18(21-14-5-1-2-6-14)13-7-8-16-15(11-13)17(20-12-19-16)22-9-3-4-10-22/h7-8,11-12,14H,1-6,9-10H2,(H,21,23). The van der Waals surface area contributed by atoms with Crippen LogP contribution in [0.1, 0.15) is 48.9 Å². The Morgan fingerprint density at radius 3 is 2.65 bits per heavy atom. The maximum absolute atomic E-state index is 12.5. The first-order chi connectivity index (χ1) is 11.3. The molecule has 23 heavy (non-hydrogen) atoms. The summed E-state index contributed by atoms with van der Waals surface area (Å²) in [6.45, 7) is 2.06. The van der Waals surface area contributed by atoms with E-state index in [1.165, 1.54) is 25.7 Å². The predicted molar refractivity (Wildman–Crippen MR) is 90.7 cm³/mol. The van der Waals surface area contributed by atoms with Crippen LogP contribution in [0.2, 0.25) is 0 Å². The smallest absolute Gasteiger partial charge is 0.251 e. The van der Waals surface area contributed by atoms with Crippen LogP contribution in [0.5, 0.6) is 0 Å². The molecule has 2 aromatic rings. The van der Waals surface area contributed by atoms with Gasteiger partial charge in [-0.15, -0.1) is 0 Å². The van der Waals surface area contributed by atoms with Gasteiger partial charge in [-0.05, 0) is 43.9 Å². The van der Waals surface area contributed by atoms with Gasteiger partial charge in [0, 0.05) is 30.1 Å². The van der Waals surface area contributed by atoms with E-state index in [1.807, 2.05) is 18.2 Å². The van der Waals surface area contributed by atoms with Gasteiger partial charge in [0.2, 0.25) is 0 Å². The first-order valence-corrected chi connectivity index (χ1v) is 8.62. The van der Waals surface area contributed by atoms with E-state index in [9.17, 15) is 4.79 Å². The van der Waals surface area contributed by atoms with Gasteiger partial charge in [-0.3, -0.25) is 4.79 Å². The van der Waals surface area contributed by atoms with Crippen molar-refractivity contribution in [2.75, 3.05) is 18.0 Å². The molecular weight excluding hydrogens is 288 g/mol. The molecule has 1 amide bonds. The van der Waals surface area contributed by atoms with Crippen molar-refractivity contribution in [3.05, 3.63) is 30.1 Å². The van der Waals surface area contributed by atoms with Crippen molar-refractivity contribution < 1.29 is 4.79 Å². The fourth-order valence-electron chi connectivity index (χ4n) is 3.70. The predicted octanol–water partition coefficient (Wildman–Crippen LogP) is 2.90. The Morgan fingerprint density at radius 1 is 1.09 bits per heavy atom. The van der Waals surface area contributed by atoms with E-state index in [4.69, 9.17) is 0 Å². The number of hydrogen-bond acceptors (Lipinski definition) is 4. The van der Waals surface area contributed by atoms with Crippen LogP contribution in [0.25, 0.3) is 10.9 Å². The number of hydrogen-bond donors (Lipinski definition) is 1. The molecule has 2 heterocycles. The molecule has 120 valence electrons. The molecule has 0 atom stereocenters. The summed E-state index contributed by atoms with van der Waals surface area (Å²) in [6, 6.07) is 6.09. The summed E-state index contributed by atoms with van der Waals surface area (Å²) in [7, 11) is 0. The lowest BCUT2D eigenvalue weighted by Gasteiger charge is -2.18. The number of nitrogens with zero attached hydrogens (tertiary/aromatic N) is 3. The molecule has 2 aliphatic rings. The topological polar surface area (TPSA) is 58.1 Å². The number of rotatable bonds is 3. The molecule has 0 spiro atoms. The van der Waals surface area contributed by atoms with E-state index in [1.54, 1.807) is 6.33 Å². The molecule has 1 aromatic heterocycles. The highest BCUT2D eigenvalue weighted by molar-refractivity contribution is 6.00. The molecule has 0 radical (unpaired) electrons. The molecule has 0 unspecified atom stereocenters. The highest BCUT2D eigenvalue weighted by Gasteiger charge is 2.20. The maximum Gasteiger partial charge on any atom is 0.251 e. The number of benzene rings is 1. The molecule has 0 bridgehead atoms. The van der Waals surface area contributed by atoms with Crippen LogP contribution in [-0.4, -0.2) is 35.0 Å². The van der Waals surface area contributed by atoms with Crippen molar-refractivity contribution in [3.63, 3.8) is 0 Å². The molecule has 1 N–H and O–H groups in total. The summed E-state index contributed by atoms with van der Waals surface area (Å²) in [4.78, 5) is 23.6. The Kier molecular flexibility index (Phi) is 3.85. The summed E-state index contributed by atoms with van der Waals surface area (Å²) in [5, 5.41) is 4.14. The zero-order valence-corrected chi connectivity index (χ0v) is 13.3. The summed E-state index contributed by atoms with van der Waals surface area (Å²) >= 11 is 0. The molecule has 5 heteroatoms. The highest BCUT2D eigenvalue weighted by atomic mass is 16.1. The third-order valence-corrected chi connectivity index (χ3v) is 4.97. The van der Waals surface area contributed by atoms with E-state index in [0.717, 1.165) is 42.7 Å². The van der Waals surface area contributed by atoms with E-state index in [0.29, 0.717) is 11.6 Å². The summed E-state index contributed by atoms with van der Waals surface area (Å²) in [5.74, 6) is 0.984. The quantitative estimate of drug-likeness (QED) is 0.947. The Balaban J connectivity index is 1.65. The number of amides is 1. The lowest BCUT2D eigenvalue weighted by atomic mass is 10.1. The largest absolute Gasteiger partial charge is 0.356 e. The van der Waals surface area contributed by atoms with Crippen molar-refractivity contribution in [2.45, 2.75) is 44.6 Å². The van der Waals surface area contributed by atoms with Crippen molar-refractivity contribution in [3.8, 4) is 0 Å². The van der Waals surface area contributed by atoms with Gasteiger partial charge in [-0.25, -0.2) is 9.97 Å². The van der Waals surface area contributed by atoms with Gasteiger partial charge >= 0.3 is 0 Å². The number of fused-ring (bicyclic) bond motifs is 1.